The molecule has 2 N–H and O–H groups in total. The fraction of sp³-hybridized carbons (Fsp3) is 0.200. The van der Waals surface area contributed by atoms with Crippen LogP contribution in [0, 0.1) is 13.8 Å². The van der Waals surface area contributed by atoms with Crippen molar-refractivity contribution >= 4 is 11.6 Å². The normalized spacial score (nSPS) is 10.2. The quantitative estimate of drug-likeness (QED) is 0.826. The molecule has 0 unspecified atom stereocenters. The minimum atomic E-state index is -0.121. The van der Waals surface area contributed by atoms with Gasteiger partial charge in [-0.15, -0.1) is 0 Å². The van der Waals surface area contributed by atoms with E-state index in [-0.39, 0.29) is 18.2 Å². The minimum Gasteiger partial charge on any atom is -0.503 e. The lowest BCUT2D eigenvalue weighted by Crippen LogP contribution is -2.39. The van der Waals surface area contributed by atoms with Crippen LogP contribution < -0.4 is 9.88 Å². The van der Waals surface area contributed by atoms with E-state index in [1.807, 2.05) is 32.0 Å². The van der Waals surface area contributed by atoms with Crippen molar-refractivity contribution in [3.63, 3.8) is 0 Å². The third kappa shape index (κ3) is 3.55. The number of carbonyl (C=O) groups excluding carboxylic acids is 1. The highest BCUT2D eigenvalue weighted by Crippen LogP contribution is 2.16. The summed E-state index contributed by atoms with van der Waals surface area (Å²) in [5.41, 5.74) is 2.96. The van der Waals surface area contributed by atoms with Crippen LogP contribution in [0.3, 0.4) is 0 Å². The summed E-state index contributed by atoms with van der Waals surface area (Å²) in [4.78, 5) is 11.9. The number of carbonyl (C=O) groups is 1. The molecule has 0 fully saturated rings. The molecule has 0 atom stereocenters. The van der Waals surface area contributed by atoms with Gasteiger partial charge in [0, 0.05) is 11.8 Å². The molecule has 0 aliphatic carbocycles. The van der Waals surface area contributed by atoms with Crippen LogP contribution in [0.1, 0.15) is 11.1 Å². The molecule has 2 aromatic rings. The number of anilines is 1. The number of nitrogens with one attached hydrogen (secondary N) is 1. The Morgan fingerprint density at radius 2 is 2.11 bits per heavy atom. The molecule has 4 heteroatoms. The van der Waals surface area contributed by atoms with Gasteiger partial charge in [0.1, 0.15) is 0 Å². The Kier molecular flexibility index (Phi) is 3.80. The summed E-state index contributed by atoms with van der Waals surface area (Å²) in [6.07, 6.45) is 3.26. The summed E-state index contributed by atoms with van der Waals surface area (Å²) < 4.78 is 1.63. The van der Waals surface area contributed by atoms with Gasteiger partial charge in [0.15, 0.2) is 11.9 Å². The SMILES string of the molecule is Cc1ccc(C)c(NC(=O)C[n+]2cccc(O)c2)c1. The molecule has 0 bridgehead atoms. The topological polar surface area (TPSA) is 53.2 Å². The minimum absolute atomic E-state index is 0.121. The van der Waals surface area contributed by atoms with Crippen LogP contribution in [0.5, 0.6) is 5.75 Å². The summed E-state index contributed by atoms with van der Waals surface area (Å²) in [5.74, 6) is 0.0198. The largest absolute Gasteiger partial charge is 0.503 e. The van der Waals surface area contributed by atoms with Crippen LogP contribution in [-0.2, 0) is 11.3 Å². The molecule has 98 valence electrons. The van der Waals surface area contributed by atoms with E-state index in [0.29, 0.717) is 0 Å². The first-order chi connectivity index (χ1) is 9.04. The summed E-state index contributed by atoms with van der Waals surface area (Å²) in [7, 11) is 0. The van der Waals surface area contributed by atoms with Crippen molar-refractivity contribution < 1.29 is 14.5 Å². The lowest BCUT2D eigenvalue weighted by molar-refractivity contribution is -0.684. The van der Waals surface area contributed by atoms with Gasteiger partial charge in [0.25, 0.3) is 5.91 Å². The Bertz CT molecular complexity index is 609. The summed E-state index contributed by atoms with van der Waals surface area (Å²) in [5, 5.41) is 12.2. The second-order valence-electron chi connectivity index (χ2n) is 4.60. The number of benzene rings is 1. The third-order valence-electron chi connectivity index (χ3n) is 2.84. The smallest absolute Gasteiger partial charge is 0.290 e. The summed E-state index contributed by atoms with van der Waals surface area (Å²) >= 11 is 0. The highest BCUT2D eigenvalue weighted by molar-refractivity contribution is 5.90. The number of hydrogen-bond donors (Lipinski definition) is 2. The van der Waals surface area contributed by atoms with Gasteiger partial charge in [-0.25, -0.2) is 0 Å². The number of amides is 1. The van der Waals surface area contributed by atoms with Gasteiger partial charge in [-0.1, -0.05) is 12.1 Å². The average Bonchev–Trinajstić information content (AvgIpc) is 2.34. The van der Waals surface area contributed by atoms with E-state index >= 15 is 0 Å². The van der Waals surface area contributed by atoms with Gasteiger partial charge in [0.05, 0.1) is 0 Å². The molecule has 1 amide bonds. The number of rotatable bonds is 3. The van der Waals surface area contributed by atoms with Crippen molar-refractivity contribution in [3.05, 3.63) is 53.9 Å². The van der Waals surface area contributed by atoms with Crippen molar-refractivity contribution in [2.24, 2.45) is 0 Å². The Morgan fingerprint density at radius 3 is 2.84 bits per heavy atom. The molecule has 0 aliphatic heterocycles. The lowest BCUT2D eigenvalue weighted by Gasteiger charge is -2.07. The van der Waals surface area contributed by atoms with Gasteiger partial charge in [0.2, 0.25) is 12.7 Å². The van der Waals surface area contributed by atoms with E-state index in [0.717, 1.165) is 16.8 Å². The molecule has 0 saturated heterocycles. The maximum absolute atomic E-state index is 11.9. The van der Waals surface area contributed by atoms with E-state index in [4.69, 9.17) is 0 Å². The monoisotopic (exact) mass is 257 g/mol. The molecular weight excluding hydrogens is 240 g/mol. The van der Waals surface area contributed by atoms with Crippen molar-refractivity contribution in [2.45, 2.75) is 20.4 Å². The molecule has 2 rings (SSSR count). The first-order valence-electron chi connectivity index (χ1n) is 6.10. The number of aryl methyl sites for hydroxylation is 2. The molecule has 0 spiro atoms. The van der Waals surface area contributed by atoms with E-state index in [9.17, 15) is 9.90 Å². The molecule has 19 heavy (non-hydrogen) atoms. The second kappa shape index (κ2) is 5.52. The van der Waals surface area contributed by atoms with E-state index in [2.05, 4.69) is 5.32 Å². The second-order valence-corrected chi connectivity index (χ2v) is 4.60. The average molecular weight is 257 g/mol. The number of nitrogens with zero attached hydrogens (tertiary/aromatic N) is 1. The van der Waals surface area contributed by atoms with Crippen molar-refractivity contribution in [1.29, 1.82) is 0 Å². The maximum Gasteiger partial charge on any atom is 0.290 e. The number of hydrogen-bond acceptors (Lipinski definition) is 2. The molecule has 1 heterocycles. The fourth-order valence-corrected chi connectivity index (χ4v) is 1.83. The van der Waals surface area contributed by atoms with E-state index in [1.54, 1.807) is 22.9 Å². The zero-order valence-electron chi connectivity index (χ0n) is 11.1. The Morgan fingerprint density at radius 1 is 1.32 bits per heavy atom. The first-order valence-corrected chi connectivity index (χ1v) is 6.10. The van der Waals surface area contributed by atoms with Gasteiger partial charge in [-0.3, -0.25) is 4.79 Å². The number of aromatic nitrogens is 1. The molecule has 0 radical (unpaired) electrons. The lowest BCUT2D eigenvalue weighted by atomic mass is 10.1. The molecule has 4 nitrogen and oxygen atoms in total. The predicted octanol–water partition coefficient (Wildman–Crippen LogP) is 1.94. The van der Waals surface area contributed by atoms with Crippen LogP contribution in [0.15, 0.2) is 42.7 Å². The highest BCUT2D eigenvalue weighted by Gasteiger charge is 2.11. The Labute approximate surface area is 112 Å². The van der Waals surface area contributed by atoms with Crippen LogP contribution >= 0.6 is 0 Å². The predicted molar refractivity (Wildman–Crippen MR) is 72.8 cm³/mol. The Hall–Kier alpha value is -2.36. The van der Waals surface area contributed by atoms with Gasteiger partial charge >= 0.3 is 0 Å². The Balaban J connectivity index is 2.07. The van der Waals surface area contributed by atoms with Gasteiger partial charge < -0.3 is 10.4 Å². The van der Waals surface area contributed by atoms with Crippen LogP contribution in [-0.4, -0.2) is 11.0 Å². The molecule has 1 aromatic heterocycles. The van der Waals surface area contributed by atoms with Crippen molar-refractivity contribution in [3.8, 4) is 5.75 Å². The fourth-order valence-electron chi connectivity index (χ4n) is 1.83. The highest BCUT2D eigenvalue weighted by atomic mass is 16.3. The standard InChI is InChI=1S/C15H16N2O2/c1-11-5-6-12(2)14(8-11)16-15(19)10-17-7-3-4-13(18)9-17/h3-9H,10H2,1-2H3,(H-,16,18,19)/p+1. The molecular formula is C15H17N2O2+. The number of aromatic hydroxyl groups is 1. The van der Waals surface area contributed by atoms with Crippen molar-refractivity contribution in [1.82, 2.24) is 0 Å². The third-order valence-corrected chi connectivity index (χ3v) is 2.84. The van der Waals surface area contributed by atoms with E-state index < -0.39 is 0 Å². The zero-order valence-corrected chi connectivity index (χ0v) is 11.1. The molecule has 0 aliphatic rings. The maximum atomic E-state index is 11.9. The van der Waals surface area contributed by atoms with Crippen LogP contribution in [0.2, 0.25) is 0 Å². The number of pyridine rings is 1. The van der Waals surface area contributed by atoms with Crippen LogP contribution in [0.4, 0.5) is 5.69 Å². The molecule has 0 saturated carbocycles. The molecule has 1 aromatic carbocycles. The van der Waals surface area contributed by atoms with Crippen molar-refractivity contribution in [2.75, 3.05) is 5.32 Å². The summed E-state index contributed by atoms with van der Waals surface area (Å²) in [6, 6.07) is 9.20. The summed E-state index contributed by atoms with van der Waals surface area (Å²) in [6.45, 7) is 4.11. The first kappa shape index (κ1) is 13.1. The van der Waals surface area contributed by atoms with Gasteiger partial charge in [-0.2, -0.15) is 4.57 Å². The van der Waals surface area contributed by atoms with Gasteiger partial charge in [-0.05, 0) is 37.1 Å². The zero-order chi connectivity index (χ0) is 13.8. The van der Waals surface area contributed by atoms with E-state index in [1.165, 1.54) is 6.20 Å². The van der Waals surface area contributed by atoms with Crippen LogP contribution in [0.25, 0.3) is 0 Å².